The van der Waals surface area contributed by atoms with E-state index in [4.69, 9.17) is 0 Å². The zero-order valence-electron chi connectivity index (χ0n) is 9.39. The smallest absolute Gasteiger partial charge is 0.418 e. The topological polar surface area (TPSA) is 39.2 Å². The first-order valence-corrected chi connectivity index (χ1v) is 5.70. The number of carbonyl (C=O) groups excluding carboxylic acids is 1. The van der Waals surface area contributed by atoms with Gasteiger partial charge in [-0.15, -0.1) is 0 Å². The van der Waals surface area contributed by atoms with Crippen LogP contribution < -0.4 is 0 Å². The Morgan fingerprint density at radius 2 is 2.05 bits per heavy atom. The molecule has 106 valence electrons. The Morgan fingerprint density at radius 3 is 2.47 bits per heavy atom. The second-order valence-electron chi connectivity index (χ2n) is 3.27. The fraction of sp³-hybridized carbons (Fsp3) is 0.400. The second-order valence-corrected chi connectivity index (χ2v) is 4.06. The zero-order valence-corrected chi connectivity index (χ0v) is 11.0. The maximum Gasteiger partial charge on any atom is 0.418 e. The lowest BCUT2D eigenvalue weighted by Gasteiger charge is -2.15. The van der Waals surface area contributed by atoms with Gasteiger partial charge in [-0.25, -0.2) is 18.6 Å². The standard InChI is InChI=1S/C10H7BrF5NO2/c1-2-19-9(18)7-6(11)5(8(12)13)4(3-17-7)10(14,15)16/h3,8H,2H2,1H3. The van der Waals surface area contributed by atoms with Crippen LogP contribution in [0.3, 0.4) is 0 Å². The van der Waals surface area contributed by atoms with E-state index in [1.54, 1.807) is 0 Å². The molecule has 0 aromatic carbocycles. The van der Waals surface area contributed by atoms with Gasteiger partial charge in [0.2, 0.25) is 0 Å². The molecular weight excluding hydrogens is 341 g/mol. The van der Waals surface area contributed by atoms with Crippen LogP contribution in [0, 0.1) is 0 Å². The van der Waals surface area contributed by atoms with Gasteiger partial charge in [0.1, 0.15) is 0 Å². The van der Waals surface area contributed by atoms with E-state index in [9.17, 15) is 26.7 Å². The fourth-order valence-corrected chi connectivity index (χ4v) is 1.93. The molecule has 1 aromatic rings. The van der Waals surface area contributed by atoms with E-state index in [1.807, 2.05) is 0 Å². The van der Waals surface area contributed by atoms with Gasteiger partial charge in [0.25, 0.3) is 6.43 Å². The van der Waals surface area contributed by atoms with Crippen LogP contribution >= 0.6 is 15.9 Å². The first-order valence-electron chi connectivity index (χ1n) is 4.91. The lowest BCUT2D eigenvalue weighted by Crippen LogP contribution is -2.16. The van der Waals surface area contributed by atoms with Crippen LogP contribution in [0.25, 0.3) is 0 Å². The Hall–Kier alpha value is -1.25. The summed E-state index contributed by atoms with van der Waals surface area (Å²) >= 11 is 2.55. The summed E-state index contributed by atoms with van der Waals surface area (Å²) in [6.45, 7) is 1.40. The number of halogens is 6. The Kier molecular flexibility index (Phi) is 4.83. The third-order valence-electron chi connectivity index (χ3n) is 2.05. The Bertz CT molecular complexity index is 490. The van der Waals surface area contributed by atoms with Crippen molar-refractivity contribution in [2.45, 2.75) is 19.5 Å². The molecule has 0 amide bonds. The molecule has 0 aliphatic rings. The molecule has 0 saturated carbocycles. The molecule has 3 nitrogen and oxygen atoms in total. The van der Waals surface area contributed by atoms with Crippen LogP contribution in [0.5, 0.6) is 0 Å². The maximum atomic E-state index is 12.7. The van der Waals surface area contributed by atoms with Gasteiger partial charge in [-0.1, -0.05) is 0 Å². The number of hydrogen-bond acceptors (Lipinski definition) is 3. The maximum absolute atomic E-state index is 12.7. The summed E-state index contributed by atoms with van der Waals surface area (Å²) < 4.78 is 67.0. The minimum atomic E-state index is -4.99. The molecule has 0 bridgehead atoms. The first-order chi connectivity index (χ1) is 8.70. The summed E-state index contributed by atoms with van der Waals surface area (Å²) in [7, 11) is 0. The van der Waals surface area contributed by atoms with Crippen LogP contribution in [0.15, 0.2) is 10.7 Å². The van der Waals surface area contributed by atoms with E-state index in [0.29, 0.717) is 0 Å². The Balaban J connectivity index is 3.44. The summed E-state index contributed by atoms with van der Waals surface area (Å²) in [5, 5.41) is 0. The molecule has 0 fully saturated rings. The van der Waals surface area contributed by atoms with Gasteiger partial charge in [0.15, 0.2) is 5.69 Å². The molecule has 0 spiro atoms. The van der Waals surface area contributed by atoms with Crippen molar-refractivity contribution in [2.24, 2.45) is 0 Å². The summed E-state index contributed by atoms with van der Waals surface area (Å²) in [6, 6.07) is 0. The molecule has 0 N–H and O–H groups in total. The summed E-state index contributed by atoms with van der Waals surface area (Å²) in [4.78, 5) is 14.6. The molecule has 0 aliphatic carbocycles. The Labute approximate surface area is 112 Å². The molecule has 1 aromatic heterocycles. The van der Waals surface area contributed by atoms with Crippen LogP contribution in [0.1, 0.15) is 35.0 Å². The number of hydrogen-bond donors (Lipinski definition) is 0. The third-order valence-corrected chi connectivity index (χ3v) is 2.85. The van der Waals surface area contributed by atoms with Crippen molar-refractivity contribution in [2.75, 3.05) is 6.61 Å². The molecule has 0 aliphatic heterocycles. The predicted molar refractivity (Wildman–Crippen MR) is 57.9 cm³/mol. The van der Waals surface area contributed by atoms with Gasteiger partial charge >= 0.3 is 12.1 Å². The minimum Gasteiger partial charge on any atom is -0.461 e. The van der Waals surface area contributed by atoms with E-state index < -0.39 is 39.9 Å². The average molecular weight is 348 g/mol. The van der Waals surface area contributed by atoms with Gasteiger partial charge in [0.05, 0.1) is 16.6 Å². The molecule has 9 heteroatoms. The second kappa shape index (κ2) is 5.81. The van der Waals surface area contributed by atoms with Crippen LogP contribution in [-0.4, -0.2) is 17.6 Å². The highest BCUT2D eigenvalue weighted by atomic mass is 79.9. The predicted octanol–water partition coefficient (Wildman–Crippen LogP) is 3.98. The van der Waals surface area contributed by atoms with Gasteiger partial charge < -0.3 is 4.74 Å². The fourth-order valence-electron chi connectivity index (χ4n) is 1.28. The monoisotopic (exact) mass is 347 g/mol. The van der Waals surface area contributed by atoms with E-state index in [2.05, 4.69) is 25.7 Å². The van der Waals surface area contributed by atoms with E-state index in [-0.39, 0.29) is 12.8 Å². The molecule has 0 radical (unpaired) electrons. The van der Waals surface area contributed by atoms with Gasteiger partial charge in [-0.05, 0) is 22.9 Å². The number of alkyl halides is 5. The highest BCUT2D eigenvalue weighted by Crippen LogP contribution is 2.40. The largest absolute Gasteiger partial charge is 0.461 e. The summed E-state index contributed by atoms with van der Waals surface area (Å²) in [5.41, 5.74) is -3.54. The Morgan fingerprint density at radius 1 is 1.47 bits per heavy atom. The zero-order chi connectivity index (χ0) is 14.8. The number of aromatic nitrogens is 1. The van der Waals surface area contributed by atoms with Crippen LogP contribution in [-0.2, 0) is 10.9 Å². The molecule has 19 heavy (non-hydrogen) atoms. The van der Waals surface area contributed by atoms with E-state index in [0.717, 1.165) is 0 Å². The number of esters is 1. The number of carbonyl (C=O) groups is 1. The van der Waals surface area contributed by atoms with Gasteiger partial charge in [-0.2, -0.15) is 13.2 Å². The summed E-state index contributed by atoms with van der Waals surface area (Å²) in [6.07, 6.45) is -8.21. The van der Waals surface area contributed by atoms with Crippen molar-refractivity contribution in [3.8, 4) is 0 Å². The van der Waals surface area contributed by atoms with Gasteiger partial charge in [0, 0.05) is 11.8 Å². The van der Waals surface area contributed by atoms with Crippen molar-refractivity contribution in [3.05, 3.63) is 27.5 Å². The molecule has 1 heterocycles. The highest BCUT2D eigenvalue weighted by Gasteiger charge is 2.39. The van der Waals surface area contributed by atoms with Crippen molar-refractivity contribution < 1.29 is 31.5 Å². The normalized spacial score (nSPS) is 11.8. The van der Waals surface area contributed by atoms with Crippen molar-refractivity contribution in [1.29, 1.82) is 0 Å². The molecule has 0 unspecified atom stereocenters. The molecule has 1 rings (SSSR count). The van der Waals surface area contributed by atoms with Gasteiger partial charge in [-0.3, -0.25) is 0 Å². The van der Waals surface area contributed by atoms with Crippen molar-refractivity contribution in [3.63, 3.8) is 0 Å². The number of rotatable bonds is 3. The van der Waals surface area contributed by atoms with E-state index in [1.165, 1.54) is 6.92 Å². The quantitative estimate of drug-likeness (QED) is 0.613. The minimum absolute atomic E-state index is 0.0576. The third kappa shape index (κ3) is 3.40. The lowest BCUT2D eigenvalue weighted by molar-refractivity contribution is -0.139. The molecule has 0 atom stereocenters. The number of pyridine rings is 1. The van der Waals surface area contributed by atoms with E-state index >= 15 is 0 Å². The lowest BCUT2D eigenvalue weighted by atomic mass is 10.1. The SMILES string of the molecule is CCOC(=O)c1ncc(C(F)(F)F)c(C(F)F)c1Br. The van der Waals surface area contributed by atoms with Crippen molar-refractivity contribution in [1.82, 2.24) is 4.98 Å². The van der Waals surface area contributed by atoms with Crippen LogP contribution in [0.2, 0.25) is 0 Å². The number of nitrogens with zero attached hydrogens (tertiary/aromatic N) is 1. The highest BCUT2D eigenvalue weighted by molar-refractivity contribution is 9.10. The first kappa shape index (κ1) is 15.8. The van der Waals surface area contributed by atoms with Crippen LogP contribution in [0.4, 0.5) is 22.0 Å². The molecule has 0 saturated heterocycles. The summed E-state index contributed by atoms with van der Waals surface area (Å²) in [5.74, 6) is -1.08. The molecular formula is C10H7BrF5NO2. The number of ether oxygens (including phenoxy) is 1. The average Bonchev–Trinajstić information content (AvgIpc) is 2.26. The van der Waals surface area contributed by atoms with Crippen molar-refractivity contribution >= 4 is 21.9 Å².